The molecule has 0 radical (unpaired) electrons. The van der Waals surface area contributed by atoms with Crippen LogP contribution in [-0.4, -0.2) is 14.5 Å². The van der Waals surface area contributed by atoms with Crippen LogP contribution in [0.4, 0.5) is 0 Å². The summed E-state index contributed by atoms with van der Waals surface area (Å²) in [5.41, 5.74) is 0. The summed E-state index contributed by atoms with van der Waals surface area (Å²) in [5, 5.41) is 3.07. The fraction of sp³-hybridized carbons (Fsp3) is 1.00. The maximum Gasteiger partial charge on any atom is 0.203 e. The second-order valence-corrected chi connectivity index (χ2v) is 1.95. The fourth-order valence-corrected chi connectivity index (χ4v) is 0.408. The van der Waals surface area contributed by atoms with Gasteiger partial charge in [0.25, 0.3) is 0 Å². The predicted molar refractivity (Wildman–Crippen MR) is 31.3 cm³/mol. The third kappa shape index (κ3) is 4.02. The highest BCUT2D eigenvalue weighted by atomic mass is 14.7. The molecule has 0 unspecified atom stereocenters. The lowest BCUT2D eigenvalue weighted by molar-refractivity contribution is 1.02. The molecule has 0 spiro atoms. The van der Waals surface area contributed by atoms with Crippen molar-refractivity contribution in [1.82, 2.24) is 5.23 Å². The average molecular weight is 85.0 g/mol. The fourth-order valence-electron chi connectivity index (χ4n) is 0.408. The zero-order valence-corrected chi connectivity index (χ0v) is 4.78. The lowest BCUT2D eigenvalue weighted by Gasteiger charge is -1.95. The van der Waals surface area contributed by atoms with Gasteiger partial charge in [0.05, 0.1) is 0 Å². The Morgan fingerprint density at radius 2 is 2.00 bits per heavy atom. The molecule has 0 aliphatic rings. The monoisotopic (exact) mass is 85.1 g/mol. The molecule has 0 aliphatic heterocycles. The molecule has 0 aliphatic carbocycles. The SMILES string of the molecule is CNBC(C)C. The molecule has 0 bridgehead atoms. The lowest BCUT2D eigenvalue weighted by atomic mass is 9.79. The second-order valence-electron chi connectivity index (χ2n) is 1.95. The number of rotatable bonds is 2. The Morgan fingerprint density at radius 3 is 2.00 bits per heavy atom. The Balaban J connectivity index is 2.63. The maximum atomic E-state index is 3.07. The van der Waals surface area contributed by atoms with Crippen LogP contribution in [0.2, 0.25) is 5.82 Å². The van der Waals surface area contributed by atoms with Gasteiger partial charge in [-0.05, 0) is 7.05 Å². The smallest absolute Gasteiger partial charge is 0.203 e. The zero-order valence-electron chi connectivity index (χ0n) is 4.78. The molecule has 0 aromatic rings. The standard InChI is InChI=1S/C4H12BN/c1-4(2)5-6-3/h4-6H,1-3H3. The van der Waals surface area contributed by atoms with Gasteiger partial charge in [0.2, 0.25) is 7.41 Å². The Hall–Kier alpha value is 0.0249. The van der Waals surface area contributed by atoms with E-state index in [0.29, 0.717) is 0 Å². The van der Waals surface area contributed by atoms with Crippen LogP contribution in [0.3, 0.4) is 0 Å². The van der Waals surface area contributed by atoms with E-state index in [0.717, 1.165) is 13.2 Å². The van der Waals surface area contributed by atoms with Gasteiger partial charge in [0.1, 0.15) is 0 Å². The van der Waals surface area contributed by atoms with E-state index in [1.54, 1.807) is 0 Å². The van der Waals surface area contributed by atoms with Crippen molar-refractivity contribution in [3.63, 3.8) is 0 Å². The van der Waals surface area contributed by atoms with Gasteiger partial charge in [-0.1, -0.05) is 19.7 Å². The first-order valence-corrected chi connectivity index (χ1v) is 2.42. The zero-order chi connectivity index (χ0) is 4.99. The van der Waals surface area contributed by atoms with E-state index in [4.69, 9.17) is 0 Å². The summed E-state index contributed by atoms with van der Waals surface area (Å²) in [4.78, 5) is 0. The van der Waals surface area contributed by atoms with Gasteiger partial charge < -0.3 is 5.23 Å². The van der Waals surface area contributed by atoms with Gasteiger partial charge in [0, 0.05) is 0 Å². The van der Waals surface area contributed by atoms with Crippen molar-refractivity contribution in [2.24, 2.45) is 0 Å². The van der Waals surface area contributed by atoms with E-state index in [2.05, 4.69) is 19.1 Å². The molecule has 0 amide bonds. The molecule has 1 nitrogen and oxygen atoms in total. The molecule has 0 saturated carbocycles. The van der Waals surface area contributed by atoms with Crippen molar-refractivity contribution in [2.75, 3.05) is 7.05 Å². The van der Waals surface area contributed by atoms with Gasteiger partial charge in [-0.3, -0.25) is 0 Å². The molecule has 0 atom stereocenters. The van der Waals surface area contributed by atoms with Crippen LogP contribution in [0.5, 0.6) is 0 Å². The van der Waals surface area contributed by atoms with Gasteiger partial charge in [-0.15, -0.1) is 0 Å². The third-order valence-corrected chi connectivity index (χ3v) is 0.612. The largest absolute Gasteiger partial charge is 0.361 e. The number of hydrogen-bond acceptors (Lipinski definition) is 1. The van der Waals surface area contributed by atoms with E-state index in [1.165, 1.54) is 0 Å². The van der Waals surface area contributed by atoms with Crippen LogP contribution in [0.1, 0.15) is 13.8 Å². The van der Waals surface area contributed by atoms with E-state index in [9.17, 15) is 0 Å². The van der Waals surface area contributed by atoms with Crippen LogP contribution < -0.4 is 5.23 Å². The first-order valence-electron chi connectivity index (χ1n) is 2.42. The highest BCUT2D eigenvalue weighted by molar-refractivity contribution is 6.33. The Bertz CT molecular complexity index is 28.7. The van der Waals surface area contributed by atoms with Crippen molar-refractivity contribution < 1.29 is 0 Å². The van der Waals surface area contributed by atoms with Crippen molar-refractivity contribution in [1.29, 1.82) is 0 Å². The van der Waals surface area contributed by atoms with Crippen molar-refractivity contribution in [2.45, 2.75) is 19.7 Å². The topological polar surface area (TPSA) is 12.0 Å². The van der Waals surface area contributed by atoms with Crippen LogP contribution in [0.15, 0.2) is 0 Å². The van der Waals surface area contributed by atoms with E-state index in [1.807, 2.05) is 7.05 Å². The second kappa shape index (κ2) is 3.22. The van der Waals surface area contributed by atoms with E-state index in [-0.39, 0.29) is 0 Å². The molecule has 0 fully saturated rings. The first-order chi connectivity index (χ1) is 2.77. The van der Waals surface area contributed by atoms with Crippen molar-refractivity contribution >= 4 is 7.41 Å². The van der Waals surface area contributed by atoms with Crippen molar-refractivity contribution in [3.8, 4) is 0 Å². The third-order valence-electron chi connectivity index (χ3n) is 0.612. The normalized spacial score (nSPS) is 9.33. The maximum absolute atomic E-state index is 3.07. The molecular formula is C4H12BN. The molecule has 0 aromatic heterocycles. The summed E-state index contributed by atoms with van der Waals surface area (Å²) >= 11 is 0. The minimum Gasteiger partial charge on any atom is -0.361 e. The quantitative estimate of drug-likeness (QED) is 0.478. The van der Waals surface area contributed by atoms with Gasteiger partial charge in [-0.2, -0.15) is 0 Å². The Labute approximate surface area is 40.4 Å². The molecule has 0 aromatic carbocycles. The lowest BCUT2D eigenvalue weighted by Crippen LogP contribution is -2.14. The summed E-state index contributed by atoms with van der Waals surface area (Å²) < 4.78 is 0. The molecule has 6 heavy (non-hydrogen) atoms. The Morgan fingerprint density at radius 1 is 1.50 bits per heavy atom. The van der Waals surface area contributed by atoms with Crippen LogP contribution >= 0.6 is 0 Å². The summed E-state index contributed by atoms with van der Waals surface area (Å²) in [6, 6.07) is 0. The van der Waals surface area contributed by atoms with E-state index < -0.39 is 0 Å². The van der Waals surface area contributed by atoms with Gasteiger partial charge in [0.15, 0.2) is 0 Å². The summed E-state index contributed by atoms with van der Waals surface area (Å²) in [6.07, 6.45) is 0. The first kappa shape index (κ1) is 6.02. The van der Waals surface area contributed by atoms with Crippen molar-refractivity contribution in [3.05, 3.63) is 0 Å². The molecular weight excluding hydrogens is 72.9 g/mol. The summed E-state index contributed by atoms with van der Waals surface area (Å²) in [5.74, 6) is 0.787. The molecule has 0 heterocycles. The number of nitrogens with one attached hydrogen (secondary N) is 1. The van der Waals surface area contributed by atoms with Crippen LogP contribution in [0.25, 0.3) is 0 Å². The minimum atomic E-state index is 0.787. The molecule has 2 heteroatoms. The Kier molecular flexibility index (Phi) is 3.24. The average Bonchev–Trinajstić information content (AvgIpc) is 1.35. The van der Waals surface area contributed by atoms with Gasteiger partial charge >= 0.3 is 0 Å². The van der Waals surface area contributed by atoms with Crippen LogP contribution in [0, 0.1) is 0 Å². The summed E-state index contributed by atoms with van der Waals surface area (Å²) in [6.45, 7) is 4.38. The highest BCUT2D eigenvalue weighted by Gasteiger charge is 1.88. The minimum absolute atomic E-state index is 0.787. The molecule has 0 saturated heterocycles. The van der Waals surface area contributed by atoms with Crippen LogP contribution in [-0.2, 0) is 0 Å². The highest BCUT2D eigenvalue weighted by Crippen LogP contribution is 1.90. The van der Waals surface area contributed by atoms with Gasteiger partial charge in [-0.25, -0.2) is 0 Å². The molecule has 36 valence electrons. The summed E-state index contributed by atoms with van der Waals surface area (Å²) in [7, 11) is 3.10. The molecule has 1 N–H and O–H groups in total. The van der Waals surface area contributed by atoms with E-state index >= 15 is 0 Å². The molecule has 0 rings (SSSR count). The predicted octanol–water partition coefficient (Wildman–Crippen LogP) is 0.386. The number of hydrogen-bond donors (Lipinski definition) is 1.